The van der Waals surface area contributed by atoms with Crippen molar-refractivity contribution < 1.29 is 4.55 Å². The first kappa shape index (κ1) is 12.7. The molecule has 0 aliphatic heterocycles. The van der Waals surface area contributed by atoms with Crippen LogP contribution in [0.1, 0.15) is 50.7 Å². The lowest BCUT2D eigenvalue weighted by molar-refractivity contribution is 0.562. The number of hydrogen-bond acceptors (Lipinski definition) is 2. The summed E-state index contributed by atoms with van der Waals surface area (Å²) in [7, 11) is 0. The molecule has 0 radical (unpaired) electrons. The topological polar surface area (TPSA) is 35.4 Å². The van der Waals surface area contributed by atoms with Crippen LogP contribution in [0.4, 0.5) is 0 Å². The third-order valence-electron chi connectivity index (χ3n) is 2.81. The van der Waals surface area contributed by atoms with Crippen LogP contribution in [0.25, 0.3) is 0 Å². The zero-order chi connectivity index (χ0) is 12.5. The quantitative estimate of drug-likeness (QED) is 0.597. The van der Waals surface area contributed by atoms with Gasteiger partial charge in [-0.05, 0) is 50.7 Å². The highest BCUT2D eigenvalue weighted by atomic mass is 32.2. The number of benzene rings is 1. The van der Waals surface area contributed by atoms with Crippen molar-refractivity contribution in [1.82, 2.24) is 0 Å². The van der Waals surface area contributed by atoms with E-state index >= 15 is 0 Å². The molecule has 2 nitrogen and oxygen atoms in total. The van der Waals surface area contributed by atoms with Crippen molar-refractivity contribution in [1.29, 1.82) is 0 Å². The summed E-state index contributed by atoms with van der Waals surface area (Å²) in [6.45, 7) is 5.78. The normalized spacial score (nSPS) is 18.6. The van der Waals surface area contributed by atoms with Crippen molar-refractivity contribution in [3.8, 4) is 0 Å². The summed E-state index contributed by atoms with van der Waals surface area (Å²) in [6.07, 6.45) is 4.35. The molecule has 0 bridgehead atoms. The zero-order valence-corrected chi connectivity index (χ0v) is 11.5. The Labute approximate surface area is 106 Å². The third-order valence-corrected chi connectivity index (χ3v) is 4.15. The highest BCUT2D eigenvalue weighted by Crippen LogP contribution is 2.39. The standard InChI is InChI=1S/C14H19NOS/c1-14(2,3)17(16)15-10-11-4-6-12(7-5-11)13-8-9-13/h4-7,10,13H,8-9H2,1-3H3/b15-10+/t17-/m0/s1. The van der Waals surface area contributed by atoms with Gasteiger partial charge in [-0.15, -0.1) is 0 Å². The van der Waals surface area contributed by atoms with E-state index in [1.54, 1.807) is 6.21 Å². The first-order chi connectivity index (χ1) is 7.97. The molecule has 1 saturated carbocycles. The molecule has 0 aromatic heterocycles. The summed E-state index contributed by atoms with van der Waals surface area (Å²) >= 11 is -1.17. The second-order valence-corrected chi connectivity index (χ2v) is 7.47. The van der Waals surface area contributed by atoms with Crippen molar-refractivity contribution in [2.75, 3.05) is 0 Å². The van der Waals surface area contributed by atoms with Gasteiger partial charge in [0.1, 0.15) is 16.1 Å². The molecule has 17 heavy (non-hydrogen) atoms. The highest BCUT2D eigenvalue weighted by Gasteiger charge is 2.26. The van der Waals surface area contributed by atoms with Crippen LogP contribution in [0.5, 0.6) is 0 Å². The van der Waals surface area contributed by atoms with Gasteiger partial charge in [0, 0.05) is 0 Å². The maximum absolute atomic E-state index is 11.7. The Hall–Kier alpha value is -0.800. The lowest BCUT2D eigenvalue weighted by Gasteiger charge is -2.17. The second-order valence-electron chi connectivity index (χ2n) is 5.54. The maximum Gasteiger partial charge on any atom is 0.144 e. The van der Waals surface area contributed by atoms with Crippen LogP contribution in [0.15, 0.2) is 28.7 Å². The summed E-state index contributed by atoms with van der Waals surface area (Å²) in [4.78, 5) is 0. The fourth-order valence-corrected chi connectivity index (χ4v) is 2.07. The third kappa shape index (κ3) is 3.58. The van der Waals surface area contributed by atoms with Gasteiger partial charge >= 0.3 is 0 Å². The predicted molar refractivity (Wildman–Crippen MR) is 73.9 cm³/mol. The molecule has 0 unspecified atom stereocenters. The van der Waals surface area contributed by atoms with Crippen LogP contribution in [0.2, 0.25) is 0 Å². The molecule has 1 aromatic carbocycles. The van der Waals surface area contributed by atoms with Crippen LogP contribution in [0.3, 0.4) is 0 Å². The molecule has 1 aromatic rings. The summed E-state index contributed by atoms with van der Waals surface area (Å²) in [5, 5.41) is 0. The summed E-state index contributed by atoms with van der Waals surface area (Å²) in [5.41, 5.74) is 2.44. The van der Waals surface area contributed by atoms with Crippen molar-refractivity contribution in [3.63, 3.8) is 0 Å². The Kier molecular flexibility index (Phi) is 3.59. The molecule has 1 aliphatic rings. The van der Waals surface area contributed by atoms with E-state index < -0.39 is 11.4 Å². The van der Waals surface area contributed by atoms with Crippen molar-refractivity contribution >= 4 is 17.6 Å². The second kappa shape index (κ2) is 4.83. The molecule has 2 rings (SSSR count). The van der Waals surface area contributed by atoms with E-state index in [1.807, 2.05) is 20.8 Å². The molecule has 0 N–H and O–H groups in total. The molecule has 0 spiro atoms. The van der Waals surface area contributed by atoms with Gasteiger partial charge in [-0.1, -0.05) is 28.7 Å². The van der Waals surface area contributed by atoms with Gasteiger partial charge in [-0.25, -0.2) is 0 Å². The van der Waals surface area contributed by atoms with Gasteiger partial charge in [0.05, 0.1) is 6.21 Å². The van der Waals surface area contributed by atoms with Crippen LogP contribution < -0.4 is 0 Å². The minimum absolute atomic E-state index is 0.287. The first-order valence-corrected chi connectivity index (χ1v) is 7.13. The fourth-order valence-electron chi connectivity index (χ4n) is 1.54. The largest absolute Gasteiger partial charge is 0.591 e. The predicted octanol–water partition coefficient (Wildman–Crippen LogP) is 3.45. The van der Waals surface area contributed by atoms with Gasteiger partial charge in [-0.2, -0.15) is 0 Å². The van der Waals surface area contributed by atoms with Crippen LogP contribution in [-0.4, -0.2) is 15.5 Å². The van der Waals surface area contributed by atoms with Gasteiger partial charge in [0.2, 0.25) is 0 Å². The van der Waals surface area contributed by atoms with Gasteiger partial charge in [-0.3, -0.25) is 0 Å². The van der Waals surface area contributed by atoms with Crippen LogP contribution in [0, 0.1) is 0 Å². The average molecular weight is 249 g/mol. The molecular formula is C14H19NOS. The number of hydrogen-bond donors (Lipinski definition) is 0. The van der Waals surface area contributed by atoms with Gasteiger partial charge in [0.15, 0.2) is 0 Å². The van der Waals surface area contributed by atoms with E-state index in [0.29, 0.717) is 0 Å². The van der Waals surface area contributed by atoms with E-state index in [1.165, 1.54) is 18.4 Å². The van der Waals surface area contributed by atoms with E-state index in [-0.39, 0.29) is 4.75 Å². The van der Waals surface area contributed by atoms with E-state index in [4.69, 9.17) is 0 Å². The molecular weight excluding hydrogens is 230 g/mol. The molecule has 1 atom stereocenters. The van der Waals surface area contributed by atoms with Gasteiger partial charge < -0.3 is 4.55 Å². The van der Waals surface area contributed by atoms with E-state index in [0.717, 1.165) is 11.5 Å². The Balaban J connectivity index is 2.00. The Morgan fingerprint density at radius 2 is 1.82 bits per heavy atom. The monoisotopic (exact) mass is 249 g/mol. The molecule has 0 saturated heterocycles. The minimum Gasteiger partial charge on any atom is -0.591 e. The lowest BCUT2D eigenvalue weighted by Crippen LogP contribution is -2.25. The number of rotatable bonds is 3. The fraction of sp³-hybridized carbons (Fsp3) is 0.500. The Morgan fingerprint density at radius 3 is 2.29 bits per heavy atom. The SMILES string of the molecule is CC(C)(C)[S@+]([O-])/N=C/c1ccc(C2CC2)cc1. The van der Waals surface area contributed by atoms with Crippen LogP contribution in [-0.2, 0) is 11.4 Å². The smallest absolute Gasteiger partial charge is 0.144 e. The zero-order valence-electron chi connectivity index (χ0n) is 10.6. The van der Waals surface area contributed by atoms with Crippen LogP contribution >= 0.6 is 0 Å². The van der Waals surface area contributed by atoms with Crippen molar-refractivity contribution in [2.24, 2.45) is 4.40 Å². The Bertz CT molecular complexity index is 401. The van der Waals surface area contributed by atoms with E-state index in [9.17, 15) is 4.55 Å². The van der Waals surface area contributed by atoms with Gasteiger partial charge in [0.25, 0.3) is 0 Å². The lowest BCUT2D eigenvalue weighted by atomic mass is 10.1. The first-order valence-electron chi connectivity index (χ1n) is 6.03. The van der Waals surface area contributed by atoms with Crippen molar-refractivity contribution in [2.45, 2.75) is 44.3 Å². The minimum atomic E-state index is -1.17. The molecule has 1 aliphatic carbocycles. The average Bonchev–Trinajstić information content (AvgIpc) is 3.09. The molecule has 0 amide bonds. The molecule has 0 heterocycles. The molecule has 3 heteroatoms. The number of nitrogens with zero attached hydrogens (tertiary/aromatic N) is 1. The summed E-state index contributed by atoms with van der Waals surface area (Å²) in [6, 6.07) is 8.41. The molecule has 1 fully saturated rings. The Morgan fingerprint density at radius 1 is 1.24 bits per heavy atom. The summed E-state index contributed by atoms with van der Waals surface area (Å²) < 4.78 is 15.6. The maximum atomic E-state index is 11.7. The summed E-state index contributed by atoms with van der Waals surface area (Å²) in [5.74, 6) is 0.782. The van der Waals surface area contributed by atoms with E-state index in [2.05, 4.69) is 28.7 Å². The molecule has 92 valence electrons. The van der Waals surface area contributed by atoms with Crippen molar-refractivity contribution in [3.05, 3.63) is 35.4 Å². The highest BCUT2D eigenvalue weighted by molar-refractivity contribution is 7.91.